The molecule has 136 valence electrons. The molecule has 0 saturated heterocycles. The number of carbonyl (C=O) groups excluding carboxylic acids is 1. The van der Waals surface area contributed by atoms with Gasteiger partial charge in [-0.25, -0.2) is 4.79 Å². The van der Waals surface area contributed by atoms with Crippen molar-refractivity contribution in [1.29, 1.82) is 0 Å². The van der Waals surface area contributed by atoms with E-state index < -0.39 is 38.5 Å². The lowest BCUT2D eigenvalue weighted by Gasteiger charge is -2.43. The molecule has 1 aliphatic heterocycles. The van der Waals surface area contributed by atoms with Gasteiger partial charge in [0.15, 0.2) is 14.6 Å². The number of carbonyl (C=O) groups is 1. The Balaban J connectivity index is 2.36. The quantitative estimate of drug-likeness (QED) is 0.455. The van der Waals surface area contributed by atoms with Crippen LogP contribution in [0.15, 0.2) is 23.5 Å². The van der Waals surface area contributed by atoms with Crippen LogP contribution in [0.25, 0.3) is 0 Å². The first-order valence-electron chi connectivity index (χ1n) is 8.14. The Labute approximate surface area is 144 Å². The SMILES string of the molecule is COC(=O)C1=CO[C@@H](O[Si](C)(C)C(C)(C)C)[C@@H]2C(CO)=C[C@H](O)[C@H]12. The van der Waals surface area contributed by atoms with Crippen LogP contribution >= 0.6 is 0 Å². The molecule has 2 N–H and O–H groups in total. The van der Waals surface area contributed by atoms with E-state index in [0.717, 1.165) is 0 Å². The summed E-state index contributed by atoms with van der Waals surface area (Å²) in [7, 11) is -0.845. The first-order chi connectivity index (χ1) is 11.0. The van der Waals surface area contributed by atoms with Gasteiger partial charge >= 0.3 is 5.97 Å². The lowest BCUT2D eigenvalue weighted by molar-refractivity contribution is -0.142. The van der Waals surface area contributed by atoms with Crippen molar-refractivity contribution in [3.63, 3.8) is 0 Å². The number of aliphatic hydroxyl groups is 2. The minimum absolute atomic E-state index is 0.0154. The summed E-state index contributed by atoms with van der Waals surface area (Å²) in [5, 5.41) is 20.0. The average Bonchev–Trinajstić information content (AvgIpc) is 2.83. The van der Waals surface area contributed by atoms with Gasteiger partial charge in [-0.3, -0.25) is 0 Å². The lowest BCUT2D eigenvalue weighted by Crippen LogP contribution is -2.49. The highest BCUT2D eigenvalue weighted by Gasteiger charge is 2.51. The summed E-state index contributed by atoms with van der Waals surface area (Å²) < 4.78 is 16.9. The summed E-state index contributed by atoms with van der Waals surface area (Å²) in [6.45, 7) is 10.4. The fraction of sp³-hybridized carbons (Fsp3) is 0.706. The van der Waals surface area contributed by atoms with Gasteiger partial charge in [-0.15, -0.1) is 0 Å². The highest BCUT2D eigenvalue weighted by molar-refractivity contribution is 6.74. The van der Waals surface area contributed by atoms with E-state index in [-0.39, 0.29) is 17.2 Å². The molecule has 0 radical (unpaired) electrons. The lowest BCUT2D eigenvalue weighted by atomic mass is 9.82. The molecule has 4 atom stereocenters. The molecule has 0 spiro atoms. The molecule has 0 aromatic carbocycles. The smallest absolute Gasteiger partial charge is 0.337 e. The zero-order valence-electron chi connectivity index (χ0n) is 15.2. The predicted octanol–water partition coefficient (Wildman–Crippen LogP) is 1.95. The number of esters is 1. The Bertz CT molecular complexity index is 560. The van der Waals surface area contributed by atoms with Crippen LogP contribution in [0.1, 0.15) is 20.8 Å². The number of ether oxygens (including phenoxy) is 2. The van der Waals surface area contributed by atoms with Crippen molar-refractivity contribution >= 4 is 14.3 Å². The van der Waals surface area contributed by atoms with Crippen molar-refractivity contribution in [2.45, 2.75) is 51.3 Å². The van der Waals surface area contributed by atoms with Gasteiger partial charge in [0.25, 0.3) is 0 Å². The van der Waals surface area contributed by atoms with Gasteiger partial charge in [-0.05, 0) is 23.7 Å². The molecule has 6 nitrogen and oxygen atoms in total. The van der Waals surface area contributed by atoms with Gasteiger partial charge < -0.3 is 24.1 Å². The Hall–Kier alpha value is -1.15. The van der Waals surface area contributed by atoms with Crippen molar-refractivity contribution in [2.24, 2.45) is 11.8 Å². The van der Waals surface area contributed by atoms with E-state index in [1.807, 2.05) is 0 Å². The number of methoxy groups -OCH3 is 1. The summed E-state index contributed by atoms with van der Waals surface area (Å²) in [5.41, 5.74) is 0.899. The van der Waals surface area contributed by atoms with Crippen LogP contribution < -0.4 is 0 Å². The minimum atomic E-state index is -2.13. The Morgan fingerprint density at radius 3 is 2.46 bits per heavy atom. The fourth-order valence-corrected chi connectivity index (χ4v) is 4.07. The number of aliphatic hydroxyl groups excluding tert-OH is 2. The average molecular weight is 356 g/mol. The third kappa shape index (κ3) is 3.30. The third-order valence-corrected chi connectivity index (χ3v) is 9.80. The topological polar surface area (TPSA) is 85.2 Å². The first-order valence-corrected chi connectivity index (χ1v) is 11.1. The Kier molecular flexibility index (Phi) is 5.30. The second-order valence-electron chi connectivity index (χ2n) is 7.89. The summed E-state index contributed by atoms with van der Waals surface area (Å²) in [6, 6.07) is 0. The molecular formula is C17H28O6Si. The summed E-state index contributed by atoms with van der Waals surface area (Å²) in [5.74, 6) is -1.47. The molecule has 0 bridgehead atoms. The Morgan fingerprint density at radius 1 is 1.33 bits per heavy atom. The normalized spacial score (nSPS) is 30.2. The van der Waals surface area contributed by atoms with Crippen molar-refractivity contribution in [3.05, 3.63) is 23.5 Å². The van der Waals surface area contributed by atoms with Crippen LogP contribution in [0.4, 0.5) is 0 Å². The molecule has 0 amide bonds. The molecule has 7 heteroatoms. The first kappa shape index (κ1) is 19.2. The predicted molar refractivity (Wildman–Crippen MR) is 91.4 cm³/mol. The molecule has 2 rings (SSSR count). The van der Waals surface area contributed by atoms with Gasteiger partial charge in [0.2, 0.25) is 0 Å². The van der Waals surface area contributed by atoms with E-state index in [0.29, 0.717) is 5.57 Å². The van der Waals surface area contributed by atoms with E-state index in [1.165, 1.54) is 13.4 Å². The molecule has 24 heavy (non-hydrogen) atoms. The van der Waals surface area contributed by atoms with Crippen LogP contribution in [0, 0.1) is 11.8 Å². The van der Waals surface area contributed by atoms with Crippen LogP contribution in [-0.4, -0.2) is 50.6 Å². The maximum absolute atomic E-state index is 12.0. The molecule has 0 aromatic heterocycles. The molecule has 0 aromatic rings. The monoisotopic (exact) mass is 356 g/mol. The number of hydrogen-bond acceptors (Lipinski definition) is 6. The van der Waals surface area contributed by atoms with Gasteiger partial charge in [0.1, 0.15) is 0 Å². The zero-order chi connectivity index (χ0) is 18.3. The van der Waals surface area contributed by atoms with Crippen LogP contribution in [0.5, 0.6) is 0 Å². The van der Waals surface area contributed by atoms with Crippen LogP contribution in [0.2, 0.25) is 18.1 Å². The Morgan fingerprint density at radius 2 is 1.96 bits per heavy atom. The molecule has 1 aliphatic carbocycles. The van der Waals surface area contributed by atoms with Crippen LogP contribution in [0.3, 0.4) is 0 Å². The molecule has 0 saturated carbocycles. The highest BCUT2D eigenvalue weighted by atomic mass is 28.4. The van der Waals surface area contributed by atoms with E-state index >= 15 is 0 Å². The molecule has 0 fully saturated rings. The van der Waals surface area contributed by atoms with Crippen molar-refractivity contribution in [3.8, 4) is 0 Å². The fourth-order valence-electron chi connectivity index (χ4n) is 2.93. The number of fused-ring (bicyclic) bond motifs is 1. The third-order valence-electron chi connectivity index (χ3n) is 5.37. The minimum Gasteiger partial charge on any atom is -0.472 e. The largest absolute Gasteiger partial charge is 0.472 e. The second-order valence-corrected chi connectivity index (χ2v) is 12.6. The van der Waals surface area contributed by atoms with Gasteiger partial charge in [-0.1, -0.05) is 26.8 Å². The summed E-state index contributed by atoms with van der Waals surface area (Å²) >= 11 is 0. The molecular weight excluding hydrogens is 328 g/mol. The van der Waals surface area contributed by atoms with Crippen molar-refractivity contribution < 1.29 is 28.9 Å². The standard InChI is InChI=1S/C17H28O6Si/c1-17(2,3)24(5,6)23-16-13-10(8-18)7-12(19)14(13)11(9-22-16)15(20)21-4/h7,9,12-14,16,18-19H,8H2,1-6H3/t12-,13+,14-,16-/m0/s1. The molecule has 0 unspecified atom stereocenters. The summed E-state index contributed by atoms with van der Waals surface area (Å²) in [6.07, 6.45) is 1.40. The van der Waals surface area contributed by atoms with Gasteiger partial charge in [0, 0.05) is 5.92 Å². The van der Waals surface area contributed by atoms with Gasteiger partial charge in [-0.2, -0.15) is 0 Å². The van der Waals surface area contributed by atoms with E-state index in [9.17, 15) is 15.0 Å². The van der Waals surface area contributed by atoms with E-state index in [1.54, 1.807) is 6.08 Å². The van der Waals surface area contributed by atoms with Gasteiger partial charge in [0.05, 0.1) is 37.6 Å². The second kappa shape index (κ2) is 6.63. The van der Waals surface area contributed by atoms with E-state index in [2.05, 4.69) is 33.9 Å². The number of hydrogen-bond donors (Lipinski definition) is 2. The molecule has 1 heterocycles. The van der Waals surface area contributed by atoms with E-state index in [4.69, 9.17) is 13.9 Å². The maximum atomic E-state index is 12.0. The zero-order valence-corrected chi connectivity index (χ0v) is 16.2. The van der Waals surface area contributed by atoms with Crippen molar-refractivity contribution in [1.82, 2.24) is 0 Å². The maximum Gasteiger partial charge on any atom is 0.337 e. The highest BCUT2D eigenvalue weighted by Crippen LogP contribution is 2.46. The van der Waals surface area contributed by atoms with Crippen LogP contribution in [-0.2, 0) is 18.7 Å². The molecule has 2 aliphatic rings. The number of rotatable bonds is 4. The van der Waals surface area contributed by atoms with Crippen molar-refractivity contribution in [2.75, 3.05) is 13.7 Å². The summed E-state index contributed by atoms with van der Waals surface area (Å²) in [4.78, 5) is 12.0.